The highest BCUT2D eigenvalue weighted by Gasteiger charge is 2.53. The van der Waals surface area contributed by atoms with E-state index < -0.39 is 12.7 Å². The van der Waals surface area contributed by atoms with Crippen LogP contribution >= 0.6 is 0 Å². The largest absolute Gasteiger partial charge is 0.487 e. The zero-order valence-corrected chi connectivity index (χ0v) is 17.6. The zero-order valence-electron chi connectivity index (χ0n) is 17.6. The Bertz CT molecular complexity index is 885. The average Bonchev–Trinajstić information content (AvgIpc) is 3.21. The van der Waals surface area contributed by atoms with Crippen molar-refractivity contribution in [2.45, 2.75) is 44.3 Å². The molecule has 3 aromatic rings. The molecule has 0 unspecified atom stereocenters. The third-order valence-corrected chi connectivity index (χ3v) is 5.72. The first-order valence-electron chi connectivity index (χ1n) is 11.0. The van der Waals surface area contributed by atoms with Crippen LogP contribution in [-0.2, 0) is 14.9 Å². The van der Waals surface area contributed by atoms with E-state index in [1.165, 1.54) is 19.3 Å². The summed E-state index contributed by atoms with van der Waals surface area (Å²) in [5.41, 5.74) is 2.62. The molecule has 1 fully saturated rings. The maximum absolute atomic E-state index is 6.79. The summed E-state index contributed by atoms with van der Waals surface area (Å²) in [6.07, 6.45) is 6.69. The summed E-state index contributed by atoms with van der Waals surface area (Å²) in [6.45, 7) is 2.23. The van der Waals surface area contributed by atoms with E-state index >= 15 is 0 Å². The summed E-state index contributed by atoms with van der Waals surface area (Å²) in [5.74, 6) is 2.08. The first-order valence-corrected chi connectivity index (χ1v) is 11.0. The van der Waals surface area contributed by atoms with Gasteiger partial charge in [-0.3, -0.25) is 0 Å². The number of rotatable bonds is 8. The predicted molar refractivity (Wildman–Crippen MR) is 124 cm³/mol. The van der Waals surface area contributed by atoms with Crippen LogP contribution in [0.2, 0.25) is 0 Å². The second-order valence-electron chi connectivity index (χ2n) is 7.80. The van der Waals surface area contributed by atoms with E-state index in [4.69, 9.17) is 9.31 Å². The van der Waals surface area contributed by atoms with Gasteiger partial charge in [0, 0.05) is 0 Å². The molecule has 0 spiro atoms. The van der Waals surface area contributed by atoms with Gasteiger partial charge in [-0.15, -0.1) is 0 Å². The molecule has 3 aromatic carbocycles. The lowest BCUT2D eigenvalue weighted by Gasteiger charge is -2.35. The van der Waals surface area contributed by atoms with Crippen molar-refractivity contribution in [3.05, 3.63) is 120 Å². The molecular formula is C27H29BO2. The van der Waals surface area contributed by atoms with Crippen LogP contribution in [0, 0.1) is 0 Å². The molecule has 152 valence electrons. The molecule has 3 heteroatoms. The normalized spacial score (nSPS) is 18.2. The predicted octanol–water partition coefficient (Wildman–Crippen LogP) is 6.88. The Hall–Kier alpha value is -2.62. The molecular weight excluding hydrogens is 367 g/mol. The van der Waals surface area contributed by atoms with Crippen LogP contribution in [0.4, 0.5) is 0 Å². The van der Waals surface area contributed by atoms with Crippen molar-refractivity contribution in [2.75, 3.05) is 0 Å². The molecule has 0 amide bonds. The lowest BCUT2D eigenvalue weighted by Crippen LogP contribution is -2.33. The molecule has 0 aromatic heterocycles. The van der Waals surface area contributed by atoms with Gasteiger partial charge < -0.3 is 9.31 Å². The Morgan fingerprint density at radius 2 is 1.37 bits per heavy atom. The van der Waals surface area contributed by atoms with E-state index in [2.05, 4.69) is 91.8 Å². The van der Waals surface area contributed by atoms with Crippen molar-refractivity contribution < 1.29 is 9.31 Å². The van der Waals surface area contributed by atoms with Gasteiger partial charge in [0.1, 0.15) is 11.7 Å². The lowest BCUT2D eigenvalue weighted by molar-refractivity contribution is 0.0729. The molecule has 1 aliphatic rings. The minimum Gasteiger partial charge on any atom is -0.397 e. The van der Waals surface area contributed by atoms with Gasteiger partial charge in [0.15, 0.2) is 0 Å². The summed E-state index contributed by atoms with van der Waals surface area (Å²) in [5, 5.41) is 0. The molecule has 1 heterocycles. The zero-order chi connectivity index (χ0) is 20.7. The molecule has 2 nitrogen and oxygen atoms in total. The second-order valence-corrected chi connectivity index (χ2v) is 7.80. The van der Waals surface area contributed by atoms with E-state index in [0.29, 0.717) is 0 Å². The topological polar surface area (TPSA) is 18.5 Å². The van der Waals surface area contributed by atoms with E-state index in [1.807, 2.05) is 18.2 Å². The molecule has 30 heavy (non-hydrogen) atoms. The average molecular weight is 396 g/mol. The molecule has 1 atom stereocenters. The number of allylic oxidation sites excluding steroid dienone is 1. The summed E-state index contributed by atoms with van der Waals surface area (Å²) in [7, 11) is -0.391. The Balaban J connectivity index is 1.76. The van der Waals surface area contributed by atoms with Gasteiger partial charge in [-0.2, -0.15) is 0 Å². The fourth-order valence-electron chi connectivity index (χ4n) is 4.23. The molecule has 0 bridgehead atoms. The van der Waals surface area contributed by atoms with Crippen molar-refractivity contribution in [1.29, 1.82) is 0 Å². The molecule has 1 saturated heterocycles. The molecule has 1 aliphatic heterocycles. The van der Waals surface area contributed by atoms with Crippen molar-refractivity contribution in [2.24, 2.45) is 0 Å². The molecule has 4 rings (SSSR count). The van der Waals surface area contributed by atoms with Crippen LogP contribution in [0.5, 0.6) is 0 Å². The van der Waals surface area contributed by atoms with E-state index in [0.717, 1.165) is 23.1 Å². The van der Waals surface area contributed by atoms with Crippen LogP contribution in [0.1, 0.15) is 55.4 Å². The van der Waals surface area contributed by atoms with Gasteiger partial charge in [-0.05, 0) is 29.5 Å². The number of unbranched alkanes of at least 4 members (excludes halogenated alkanes) is 3. The van der Waals surface area contributed by atoms with Crippen LogP contribution in [0.25, 0.3) is 0 Å². The first-order chi connectivity index (χ1) is 14.8. The fraction of sp³-hybridized carbons (Fsp3) is 0.259. The third kappa shape index (κ3) is 4.28. The first kappa shape index (κ1) is 20.6. The van der Waals surface area contributed by atoms with Crippen molar-refractivity contribution in [3.8, 4) is 0 Å². The third-order valence-electron chi connectivity index (χ3n) is 5.72. The van der Waals surface area contributed by atoms with Gasteiger partial charge in [0.05, 0.1) is 0 Å². The van der Waals surface area contributed by atoms with Gasteiger partial charge in [0.2, 0.25) is 0 Å². The van der Waals surface area contributed by atoms with E-state index in [9.17, 15) is 0 Å². The highest BCUT2D eigenvalue weighted by molar-refractivity contribution is 6.51. The van der Waals surface area contributed by atoms with E-state index in [1.54, 1.807) is 0 Å². The van der Waals surface area contributed by atoms with Crippen molar-refractivity contribution >= 4 is 7.12 Å². The van der Waals surface area contributed by atoms with Gasteiger partial charge >= 0.3 is 7.12 Å². The minimum absolute atomic E-state index is 0.242. The van der Waals surface area contributed by atoms with E-state index in [-0.39, 0.29) is 6.10 Å². The highest BCUT2D eigenvalue weighted by atomic mass is 16.7. The summed E-state index contributed by atoms with van der Waals surface area (Å²) >= 11 is 0. The molecule has 0 aliphatic carbocycles. The highest BCUT2D eigenvalue weighted by Crippen LogP contribution is 2.51. The second kappa shape index (κ2) is 9.93. The Morgan fingerprint density at radius 1 is 0.800 bits per heavy atom. The number of benzene rings is 3. The summed E-state index contributed by atoms with van der Waals surface area (Å²) < 4.78 is 13.4. The monoisotopic (exact) mass is 396 g/mol. The summed E-state index contributed by atoms with van der Waals surface area (Å²) in [4.78, 5) is 0. The molecule has 0 saturated carbocycles. The Kier molecular flexibility index (Phi) is 6.83. The van der Waals surface area contributed by atoms with Crippen LogP contribution in [0.15, 0.2) is 103 Å². The fourth-order valence-corrected chi connectivity index (χ4v) is 4.23. The van der Waals surface area contributed by atoms with Gasteiger partial charge in [-0.1, -0.05) is 123 Å². The summed E-state index contributed by atoms with van der Waals surface area (Å²) in [6, 6.07) is 31.3. The van der Waals surface area contributed by atoms with Crippen LogP contribution in [0.3, 0.4) is 0 Å². The Labute approximate surface area is 180 Å². The number of hydrogen-bond acceptors (Lipinski definition) is 2. The maximum atomic E-state index is 6.79. The van der Waals surface area contributed by atoms with Crippen molar-refractivity contribution in [3.63, 3.8) is 0 Å². The smallest absolute Gasteiger partial charge is 0.397 e. The minimum atomic E-state index is -0.706. The standard InChI is InChI=1S/C27H29BO2/c1-2-3-4-5-15-22-28-29-26(23-16-9-6-10-17-23)27(30-28,24-18-11-7-12-19-24)25-20-13-8-14-21-25/h6-22,26H,2-5H2,1H3/b22-15+/t26-/m1/s1. The van der Waals surface area contributed by atoms with Crippen LogP contribution < -0.4 is 0 Å². The molecule has 0 N–H and O–H groups in total. The van der Waals surface area contributed by atoms with Crippen LogP contribution in [-0.4, -0.2) is 7.12 Å². The van der Waals surface area contributed by atoms with Gasteiger partial charge in [0.25, 0.3) is 0 Å². The SMILES string of the molecule is CCCCC/C=C/B1O[C@H](c2ccccc2)C(c2ccccc2)(c2ccccc2)O1. The molecule has 0 radical (unpaired) electrons. The maximum Gasteiger partial charge on any atom is 0.487 e. The number of hydrogen-bond donors (Lipinski definition) is 0. The van der Waals surface area contributed by atoms with Crippen molar-refractivity contribution in [1.82, 2.24) is 0 Å². The quantitative estimate of drug-likeness (QED) is 0.305. The lowest BCUT2D eigenvalue weighted by atomic mass is 9.78. The Morgan fingerprint density at radius 3 is 1.93 bits per heavy atom. The van der Waals surface area contributed by atoms with Gasteiger partial charge in [-0.25, -0.2) is 0 Å².